The predicted molar refractivity (Wildman–Crippen MR) is 97.3 cm³/mol. The number of urea groups is 1. The Morgan fingerprint density at radius 2 is 1.96 bits per heavy atom. The van der Waals surface area contributed by atoms with Crippen LogP contribution in [-0.2, 0) is 14.3 Å². The van der Waals surface area contributed by atoms with Crippen LogP contribution in [0.25, 0.3) is 0 Å². The number of nitrogens with zero attached hydrogens (tertiary/aromatic N) is 3. The molecule has 0 atom stereocenters. The predicted octanol–water partition coefficient (Wildman–Crippen LogP) is 0.721. The molecule has 3 heterocycles. The molecule has 3 aliphatic rings. The van der Waals surface area contributed by atoms with E-state index in [4.69, 9.17) is 4.74 Å². The minimum Gasteiger partial charge on any atom is -0.378 e. The van der Waals surface area contributed by atoms with Crippen molar-refractivity contribution in [3.05, 3.63) is 18.3 Å². The van der Waals surface area contributed by atoms with Crippen LogP contribution in [0.3, 0.4) is 0 Å². The molecule has 1 aromatic heterocycles. The number of amides is 4. The van der Waals surface area contributed by atoms with Crippen LogP contribution in [0.2, 0.25) is 0 Å². The second-order valence-electron chi connectivity index (χ2n) is 7.16. The molecular weight excluding hydrogens is 350 g/mol. The van der Waals surface area contributed by atoms with Crippen molar-refractivity contribution >= 4 is 29.4 Å². The zero-order valence-electron chi connectivity index (χ0n) is 15.1. The molecule has 1 aromatic rings. The molecule has 1 saturated carbocycles. The summed E-state index contributed by atoms with van der Waals surface area (Å²) in [6, 6.07) is 3.11. The summed E-state index contributed by atoms with van der Waals surface area (Å²) in [6.07, 6.45) is 4.68. The van der Waals surface area contributed by atoms with Gasteiger partial charge in [0.1, 0.15) is 17.9 Å². The molecule has 27 heavy (non-hydrogen) atoms. The Balaban J connectivity index is 1.35. The van der Waals surface area contributed by atoms with Gasteiger partial charge >= 0.3 is 6.03 Å². The van der Waals surface area contributed by atoms with Crippen molar-refractivity contribution in [2.24, 2.45) is 0 Å². The molecule has 0 radical (unpaired) electrons. The largest absolute Gasteiger partial charge is 0.378 e. The fourth-order valence-corrected chi connectivity index (χ4v) is 3.92. The van der Waals surface area contributed by atoms with E-state index >= 15 is 0 Å². The van der Waals surface area contributed by atoms with E-state index < -0.39 is 17.5 Å². The van der Waals surface area contributed by atoms with E-state index in [0.29, 0.717) is 31.7 Å². The van der Waals surface area contributed by atoms with Gasteiger partial charge < -0.3 is 20.3 Å². The van der Waals surface area contributed by atoms with Crippen LogP contribution in [0.1, 0.15) is 25.7 Å². The summed E-state index contributed by atoms with van der Waals surface area (Å²) in [4.78, 5) is 44.5. The highest BCUT2D eigenvalue weighted by Crippen LogP contribution is 2.34. The summed E-state index contributed by atoms with van der Waals surface area (Å²) in [5.74, 6) is 0.115. The summed E-state index contributed by atoms with van der Waals surface area (Å²) in [6.45, 7) is 2.62. The van der Waals surface area contributed by atoms with Gasteiger partial charge in [0, 0.05) is 13.1 Å². The Bertz CT molecular complexity index is 739. The first-order valence-corrected chi connectivity index (χ1v) is 9.30. The van der Waals surface area contributed by atoms with Gasteiger partial charge in [-0.05, 0) is 25.0 Å². The van der Waals surface area contributed by atoms with E-state index in [1.54, 1.807) is 12.3 Å². The lowest BCUT2D eigenvalue weighted by Crippen LogP contribution is -2.44. The van der Waals surface area contributed by atoms with Crippen LogP contribution in [-0.4, -0.2) is 66.1 Å². The van der Waals surface area contributed by atoms with Crippen LogP contribution in [0.4, 0.5) is 16.3 Å². The second-order valence-corrected chi connectivity index (χ2v) is 7.16. The molecule has 1 spiro atoms. The van der Waals surface area contributed by atoms with Gasteiger partial charge in [-0.3, -0.25) is 14.5 Å². The Morgan fingerprint density at radius 3 is 2.63 bits per heavy atom. The summed E-state index contributed by atoms with van der Waals surface area (Å²) in [5, 5.41) is 5.47. The smallest absolute Gasteiger partial charge is 0.325 e. The maximum absolute atomic E-state index is 12.6. The van der Waals surface area contributed by atoms with E-state index in [9.17, 15) is 14.4 Å². The number of carbonyl (C=O) groups excluding carboxylic acids is 3. The highest BCUT2D eigenvalue weighted by molar-refractivity contribution is 6.10. The normalized spacial score (nSPS) is 21.6. The number of pyridine rings is 1. The van der Waals surface area contributed by atoms with Crippen LogP contribution in [0.5, 0.6) is 0 Å². The summed E-state index contributed by atoms with van der Waals surface area (Å²) in [7, 11) is 0. The van der Waals surface area contributed by atoms with Crippen molar-refractivity contribution in [2.45, 2.75) is 31.2 Å². The quantitative estimate of drug-likeness (QED) is 0.754. The number of imide groups is 1. The molecule has 144 valence electrons. The van der Waals surface area contributed by atoms with Gasteiger partial charge in [-0.25, -0.2) is 9.78 Å². The van der Waals surface area contributed by atoms with Gasteiger partial charge in [-0.1, -0.05) is 12.8 Å². The van der Waals surface area contributed by atoms with Crippen molar-refractivity contribution in [3.8, 4) is 0 Å². The molecule has 2 N–H and O–H groups in total. The third kappa shape index (κ3) is 3.46. The van der Waals surface area contributed by atoms with Gasteiger partial charge in [0.15, 0.2) is 0 Å². The lowest BCUT2D eigenvalue weighted by molar-refractivity contribution is -0.133. The fraction of sp³-hybridized carbons (Fsp3) is 0.556. The van der Waals surface area contributed by atoms with Gasteiger partial charge in [0.05, 0.1) is 25.1 Å². The number of anilines is 2. The number of morpholine rings is 1. The van der Waals surface area contributed by atoms with Crippen LogP contribution in [0, 0.1) is 0 Å². The topological polar surface area (TPSA) is 104 Å². The first-order valence-electron chi connectivity index (χ1n) is 9.30. The number of hydrogen-bond donors (Lipinski definition) is 2. The maximum Gasteiger partial charge on any atom is 0.325 e. The Labute approximate surface area is 157 Å². The van der Waals surface area contributed by atoms with Gasteiger partial charge in [0.2, 0.25) is 5.91 Å². The average Bonchev–Trinajstić information content (AvgIpc) is 3.24. The lowest BCUT2D eigenvalue weighted by Gasteiger charge is -2.27. The average molecular weight is 373 g/mol. The van der Waals surface area contributed by atoms with Crippen LogP contribution in [0.15, 0.2) is 18.3 Å². The minimum absolute atomic E-state index is 0.291. The number of hydrogen-bond acceptors (Lipinski definition) is 6. The first kappa shape index (κ1) is 17.7. The Morgan fingerprint density at radius 1 is 1.22 bits per heavy atom. The van der Waals surface area contributed by atoms with E-state index in [0.717, 1.165) is 36.6 Å². The van der Waals surface area contributed by atoms with E-state index in [2.05, 4.69) is 20.5 Å². The number of nitrogens with one attached hydrogen (secondary N) is 2. The maximum atomic E-state index is 12.6. The fourth-order valence-electron chi connectivity index (χ4n) is 3.92. The monoisotopic (exact) mass is 373 g/mol. The molecule has 2 aliphatic heterocycles. The van der Waals surface area contributed by atoms with Crippen molar-refractivity contribution in [2.75, 3.05) is 43.1 Å². The zero-order chi connectivity index (χ0) is 18.9. The molecule has 9 heteroatoms. The molecule has 0 unspecified atom stereocenters. The molecule has 0 bridgehead atoms. The third-order valence-corrected chi connectivity index (χ3v) is 5.37. The lowest BCUT2D eigenvalue weighted by atomic mass is 9.98. The van der Waals surface area contributed by atoms with Crippen molar-refractivity contribution < 1.29 is 19.1 Å². The first-order chi connectivity index (χ1) is 13.1. The highest BCUT2D eigenvalue weighted by Gasteiger charge is 2.52. The Hall–Kier alpha value is -2.68. The highest BCUT2D eigenvalue weighted by atomic mass is 16.5. The van der Waals surface area contributed by atoms with Gasteiger partial charge in [0.25, 0.3) is 5.91 Å². The molecule has 2 saturated heterocycles. The van der Waals surface area contributed by atoms with E-state index in [1.807, 2.05) is 6.07 Å². The van der Waals surface area contributed by atoms with Crippen molar-refractivity contribution in [1.29, 1.82) is 0 Å². The standard InChI is InChI=1S/C18H23N5O4/c24-15(12-23-16(25)18(21-17(23)26)5-1-2-6-18)20-13-3-4-14(19-11-13)22-7-9-27-10-8-22/h3-4,11H,1-2,5-10,12H2,(H,20,24)(H,21,26). The summed E-state index contributed by atoms with van der Waals surface area (Å²) < 4.78 is 5.32. The van der Waals surface area contributed by atoms with Crippen LogP contribution < -0.4 is 15.5 Å². The summed E-state index contributed by atoms with van der Waals surface area (Å²) >= 11 is 0. The van der Waals surface area contributed by atoms with E-state index in [1.165, 1.54) is 0 Å². The molecule has 4 amide bonds. The van der Waals surface area contributed by atoms with Crippen molar-refractivity contribution in [1.82, 2.24) is 15.2 Å². The van der Waals surface area contributed by atoms with Crippen LogP contribution >= 0.6 is 0 Å². The summed E-state index contributed by atoms with van der Waals surface area (Å²) in [5.41, 5.74) is -0.265. The van der Waals surface area contributed by atoms with E-state index in [-0.39, 0.29) is 12.5 Å². The molecular formula is C18H23N5O4. The number of carbonyl (C=O) groups is 3. The molecule has 4 rings (SSSR count). The Kier molecular flexibility index (Phi) is 4.69. The van der Waals surface area contributed by atoms with Gasteiger partial charge in [-0.2, -0.15) is 0 Å². The molecule has 9 nitrogen and oxygen atoms in total. The second kappa shape index (κ2) is 7.15. The SMILES string of the molecule is O=C(CN1C(=O)NC2(CCCC2)C1=O)Nc1ccc(N2CCOCC2)nc1. The third-order valence-electron chi connectivity index (χ3n) is 5.37. The zero-order valence-corrected chi connectivity index (χ0v) is 15.1. The minimum atomic E-state index is -0.793. The number of rotatable bonds is 4. The van der Waals surface area contributed by atoms with Gasteiger partial charge in [-0.15, -0.1) is 0 Å². The number of aromatic nitrogens is 1. The van der Waals surface area contributed by atoms with Crippen molar-refractivity contribution in [3.63, 3.8) is 0 Å². The molecule has 3 fully saturated rings. The molecule has 1 aliphatic carbocycles. The molecule has 0 aromatic carbocycles. The number of ether oxygens (including phenoxy) is 1.